The molecule has 1 fully saturated rings. The molecule has 0 aromatic heterocycles. The lowest BCUT2D eigenvalue weighted by Crippen LogP contribution is -2.33. The topological polar surface area (TPSA) is 21.3 Å². The molecule has 5 atom stereocenters. The predicted octanol–water partition coefficient (Wildman–Crippen LogP) is 3.89. The van der Waals surface area contributed by atoms with Crippen molar-refractivity contribution in [3.05, 3.63) is 34.9 Å². The Morgan fingerprint density at radius 2 is 1.76 bits per heavy atom. The molecule has 3 rings (SSSR count). The van der Waals surface area contributed by atoms with Gasteiger partial charge in [-0.2, -0.15) is 0 Å². The van der Waals surface area contributed by atoms with Gasteiger partial charge in [-0.1, -0.05) is 25.1 Å². The Bertz CT molecular complexity index is 498. The van der Waals surface area contributed by atoms with Gasteiger partial charge in [-0.05, 0) is 69.2 Å². The van der Waals surface area contributed by atoms with Gasteiger partial charge in [0.25, 0.3) is 0 Å². The van der Waals surface area contributed by atoms with E-state index in [1.54, 1.807) is 11.1 Å². The molecule has 1 heterocycles. The number of hydrogen-bond acceptors (Lipinski definition) is 2. The molecule has 0 bridgehead atoms. The molecule has 2 heteroatoms. The molecular formula is C19H29NO. The van der Waals surface area contributed by atoms with Crippen molar-refractivity contribution < 1.29 is 4.74 Å². The molecule has 116 valence electrons. The molecule has 0 saturated carbocycles. The van der Waals surface area contributed by atoms with Gasteiger partial charge < -0.3 is 10.1 Å². The smallest absolute Gasteiger partial charge is 0.0600 e. The van der Waals surface area contributed by atoms with Gasteiger partial charge in [-0.3, -0.25) is 0 Å². The summed E-state index contributed by atoms with van der Waals surface area (Å²) in [6.45, 7) is 6.77. The molecule has 1 aromatic carbocycles. The summed E-state index contributed by atoms with van der Waals surface area (Å²) in [4.78, 5) is 0. The van der Waals surface area contributed by atoms with E-state index >= 15 is 0 Å². The van der Waals surface area contributed by atoms with E-state index in [-0.39, 0.29) is 0 Å². The summed E-state index contributed by atoms with van der Waals surface area (Å²) in [7, 11) is 2.09. The fourth-order valence-electron chi connectivity index (χ4n) is 4.40. The number of aryl methyl sites for hydroxylation is 2. The number of benzene rings is 1. The van der Waals surface area contributed by atoms with Gasteiger partial charge in [0.05, 0.1) is 12.2 Å². The average Bonchev–Trinajstić information content (AvgIpc) is 2.74. The molecule has 21 heavy (non-hydrogen) atoms. The quantitative estimate of drug-likeness (QED) is 0.911. The zero-order valence-electron chi connectivity index (χ0n) is 13.9. The third-order valence-corrected chi connectivity index (χ3v) is 5.75. The lowest BCUT2D eigenvalue weighted by atomic mass is 9.79. The van der Waals surface area contributed by atoms with E-state index in [9.17, 15) is 0 Å². The minimum Gasteiger partial charge on any atom is -0.375 e. The molecule has 0 spiro atoms. The van der Waals surface area contributed by atoms with Crippen molar-refractivity contribution in [2.75, 3.05) is 7.05 Å². The highest BCUT2D eigenvalue weighted by Crippen LogP contribution is 2.41. The van der Waals surface area contributed by atoms with Crippen molar-refractivity contribution in [3.8, 4) is 0 Å². The molecule has 2 nitrogen and oxygen atoms in total. The van der Waals surface area contributed by atoms with Gasteiger partial charge >= 0.3 is 0 Å². The molecule has 1 saturated heterocycles. The highest BCUT2D eigenvalue weighted by atomic mass is 16.5. The third-order valence-electron chi connectivity index (χ3n) is 5.75. The van der Waals surface area contributed by atoms with Crippen molar-refractivity contribution in [3.63, 3.8) is 0 Å². The van der Waals surface area contributed by atoms with Crippen molar-refractivity contribution >= 4 is 0 Å². The van der Waals surface area contributed by atoms with Gasteiger partial charge in [0, 0.05) is 12.0 Å². The molecule has 1 aromatic rings. The van der Waals surface area contributed by atoms with E-state index in [0.29, 0.717) is 30.1 Å². The normalized spacial score (nSPS) is 33.7. The Labute approximate surface area is 129 Å². The van der Waals surface area contributed by atoms with E-state index in [1.807, 2.05) is 0 Å². The molecule has 1 aliphatic carbocycles. The van der Waals surface area contributed by atoms with E-state index in [0.717, 1.165) is 0 Å². The number of nitrogens with one attached hydrogen (secondary N) is 1. The van der Waals surface area contributed by atoms with E-state index in [4.69, 9.17) is 4.74 Å². The molecule has 2 aliphatic rings. The number of rotatable bonds is 3. The molecular weight excluding hydrogens is 258 g/mol. The van der Waals surface area contributed by atoms with Crippen molar-refractivity contribution in [2.45, 2.75) is 64.7 Å². The Kier molecular flexibility index (Phi) is 4.37. The molecule has 0 radical (unpaired) electrons. The van der Waals surface area contributed by atoms with E-state index in [1.165, 1.54) is 31.2 Å². The van der Waals surface area contributed by atoms with Gasteiger partial charge in [-0.25, -0.2) is 0 Å². The Balaban J connectivity index is 1.89. The van der Waals surface area contributed by atoms with Crippen molar-refractivity contribution in [1.82, 2.24) is 5.32 Å². The highest BCUT2D eigenvalue weighted by molar-refractivity contribution is 5.35. The first kappa shape index (κ1) is 15.1. The van der Waals surface area contributed by atoms with Crippen LogP contribution in [0.4, 0.5) is 0 Å². The van der Waals surface area contributed by atoms with Crippen LogP contribution in [0.2, 0.25) is 0 Å². The Hall–Kier alpha value is -0.860. The lowest BCUT2D eigenvalue weighted by Gasteiger charge is -2.30. The highest BCUT2D eigenvalue weighted by Gasteiger charge is 2.41. The molecule has 1 aliphatic heterocycles. The predicted molar refractivity (Wildman–Crippen MR) is 87.5 cm³/mol. The average molecular weight is 287 g/mol. The summed E-state index contributed by atoms with van der Waals surface area (Å²) < 4.78 is 6.06. The van der Waals surface area contributed by atoms with Crippen LogP contribution in [-0.4, -0.2) is 19.3 Å². The maximum atomic E-state index is 6.06. The largest absolute Gasteiger partial charge is 0.375 e. The van der Waals surface area contributed by atoms with Crippen LogP contribution in [0.1, 0.15) is 56.3 Å². The third kappa shape index (κ3) is 2.76. The number of hydrogen-bond donors (Lipinski definition) is 1. The van der Waals surface area contributed by atoms with Gasteiger partial charge in [0.1, 0.15) is 0 Å². The standard InChI is InChI=1S/C19H29NO/c1-12-13(2)21-14(3)18(12)19(20-4)17-10-9-15-7-5-6-8-16(15)11-17/h9-14,18-20H,5-8H2,1-4H3. The van der Waals surface area contributed by atoms with Crippen LogP contribution in [0.25, 0.3) is 0 Å². The van der Waals surface area contributed by atoms with Crippen molar-refractivity contribution in [2.24, 2.45) is 11.8 Å². The zero-order valence-corrected chi connectivity index (χ0v) is 13.9. The van der Waals surface area contributed by atoms with E-state index < -0.39 is 0 Å². The summed E-state index contributed by atoms with van der Waals surface area (Å²) in [5.41, 5.74) is 4.59. The molecule has 5 unspecified atom stereocenters. The van der Waals surface area contributed by atoms with Crippen LogP contribution in [0.15, 0.2) is 18.2 Å². The fourth-order valence-corrected chi connectivity index (χ4v) is 4.40. The fraction of sp³-hybridized carbons (Fsp3) is 0.684. The van der Waals surface area contributed by atoms with Crippen LogP contribution in [0, 0.1) is 11.8 Å². The first-order valence-electron chi connectivity index (χ1n) is 8.56. The molecule has 1 N–H and O–H groups in total. The van der Waals surface area contributed by atoms with Crippen LogP contribution in [0.3, 0.4) is 0 Å². The second-order valence-corrected chi connectivity index (χ2v) is 6.98. The first-order valence-corrected chi connectivity index (χ1v) is 8.56. The Morgan fingerprint density at radius 1 is 1.05 bits per heavy atom. The minimum atomic E-state index is 0.323. The van der Waals surface area contributed by atoms with Crippen LogP contribution in [0.5, 0.6) is 0 Å². The van der Waals surface area contributed by atoms with Crippen LogP contribution < -0.4 is 5.32 Å². The maximum absolute atomic E-state index is 6.06. The summed E-state index contributed by atoms with van der Waals surface area (Å²) in [5.74, 6) is 1.14. The summed E-state index contributed by atoms with van der Waals surface area (Å²) in [5, 5.41) is 3.57. The Morgan fingerprint density at radius 3 is 2.38 bits per heavy atom. The lowest BCUT2D eigenvalue weighted by molar-refractivity contribution is 0.0478. The van der Waals surface area contributed by atoms with E-state index in [2.05, 4.69) is 51.3 Å². The second kappa shape index (κ2) is 6.10. The zero-order chi connectivity index (χ0) is 15.0. The summed E-state index contributed by atoms with van der Waals surface area (Å²) in [6.07, 6.45) is 5.89. The summed E-state index contributed by atoms with van der Waals surface area (Å²) >= 11 is 0. The minimum absolute atomic E-state index is 0.323. The number of fused-ring (bicyclic) bond motifs is 1. The van der Waals surface area contributed by atoms with Crippen molar-refractivity contribution in [1.29, 1.82) is 0 Å². The number of ether oxygens (including phenoxy) is 1. The van der Waals surface area contributed by atoms with Gasteiger partial charge in [0.15, 0.2) is 0 Å². The van der Waals surface area contributed by atoms with Gasteiger partial charge in [-0.15, -0.1) is 0 Å². The SMILES string of the molecule is CNC(c1ccc2c(c1)CCCC2)C1C(C)OC(C)C1C. The monoisotopic (exact) mass is 287 g/mol. The van der Waals surface area contributed by atoms with Gasteiger partial charge in [0.2, 0.25) is 0 Å². The maximum Gasteiger partial charge on any atom is 0.0600 e. The van der Waals surface area contributed by atoms with Crippen LogP contribution >= 0.6 is 0 Å². The second-order valence-electron chi connectivity index (χ2n) is 6.98. The summed E-state index contributed by atoms with van der Waals surface area (Å²) in [6, 6.07) is 7.56. The first-order chi connectivity index (χ1) is 10.1. The molecule has 0 amide bonds. The van der Waals surface area contributed by atoms with Crippen LogP contribution in [-0.2, 0) is 17.6 Å².